The Morgan fingerprint density at radius 2 is 1.41 bits per heavy atom. The molecule has 0 fully saturated rings. The molecule has 0 aliphatic heterocycles. The summed E-state index contributed by atoms with van der Waals surface area (Å²) in [5.41, 5.74) is 9.49. The molecule has 3 aromatic rings. The van der Waals surface area contributed by atoms with Crippen LogP contribution in [0.2, 0.25) is 0 Å². The third-order valence-corrected chi connectivity index (χ3v) is 4.05. The van der Waals surface area contributed by atoms with Gasteiger partial charge < -0.3 is 41.6 Å². The predicted octanol–water partition coefficient (Wildman–Crippen LogP) is 0.629. The van der Waals surface area contributed by atoms with Crippen LogP contribution in [0, 0.1) is 0 Å². The van der Waals surface area contributed by atoms with Crippen LogP contribution in [0.1, 0.15) is 0 Å². The second-order valence-electron chi connectivity index (χ2n) is 5.45. The molecule has 144 valence electrons. The van der Waals surface area contributed by atoms with Gasteiger partial charge in [0, 0.05) is 11.1 Å². The summed E-state index contributed by atoms with van der Waals surface area (Å²) >= 11 is 0. The van der Waals surface area contributed by atoms with Crippen molar-refractivity contribution in [2.75, 3.05) is 34.2 Å². The molecule has 0 saturated heterocycles. The van der Waals surface area contributed by atoms with E-state index in [1.165, 1.54) is 0 Å². The van der Waals surface area contributed by atoms with Crippen LogP contribution in [0.15, 0.2) is 41.1 Å². The van der Waals surface area contributed by atoms with Crippen molar-refractivity contribution in [1.82, 2.24) is 5.16 Å². The summed E-state index contributed by atoms with van der Waals surface area (Å²) in [6, 6.07) is 9.12. The average Bonchev–Trinajstić information content (AvgIpc) is 3.16. The number of halogens is 1. The number of aromatic nitrogens is 1. The zero-order chi connectivity index (χ0) is 18.7. The van der Waals surface area contributed by atoms with Gasteiger partial charge in [-0.05, 0) is 29.8 Å². The van der Waals surface area contributed by atoms with Gasteiger partial charge in [-0.25, -0.2) is 0 Å². The Labute approximate surface area is 163 Å². The Morgan fingerprint density at radius 1 is 0.815 bits per heavy atom. The quantitative estimate of drug-likeness (QED) is 0.616. The van der Waals surface area contributed by atoms with Gasteiger partial charge in [-0.15, -0.1) is 0 Å². The van der Waals surface area contributed by atoms with E-state index < -0.39 is 0 Å². The van der Waals surface area contributed by atoms with Crippen LogP contribution in [0.5, 0.6) is 23.0 Å². The lowest BCUT2D eigenvalue weighted by Crippen LogP contribution is -3.00. The van der Waals surface area contributed by atoms with Crippen molar-refractivity contribution in [3.05, 3.63) is 36.6 Å². The van der Waals surface area contributed by atoms with Crippen LogP contribution in [0.25, 0.3) is 22.4 Å². The fourth-order valence-electron chi connectivity index (χ4n) is 2.74. The minimum atomic E-state index is 0. The summed E-state index contributed by atoms with van der Waals surface area (Å²) in [5.74, 6) is 2.18. The molecule has 0 spiro atoms. The van der Waals surface area contributed by atoms with Gasteiger partial charge in [-0.1, -0.05) is 11.2 Å². The molecule has 2 aromatic carbocycles. The van der Waals surface area contributed by atoms with Crippen LogP contribution >= 0.6 is 0 Å². The van der Waals surface area contributed by atoms with Crippen LogP contribution in [-0.2, 0) is 0 Å². The Balaban J connectivity index is 0.00000261. The molecule has 8 heteroatoms. The fourth-order valence-corrected chi connectivity index (χ4v) is 2.74. The Morgan fingerprint density at radius 3 is 1.96 bits per heavy atom. The molecular weight excluding hydrogens is 372 g/mol. The van der Waals surface area contributed by atoms with Crippen molar-refractivity contribution in [3.63, 3.8) is 0 Å². The highest BCUT2D eigenvalue weighted by Crippen LogP contribution is 2.43. The number of hydrogen-bond donors (Lipinski definition) is 1. The van der Waals surface area contributed by atoms with Crippen molar-refractivity contribution in [1.29, 1.82) is 0 Å². The topological polar surface area (TPSA) is 89.0 Å². The van der Waals surface area contributed by atoms with Crippen molar-refractivity contribution < 1.29 is 35.9 Å². The maximum absolute atomic E-state index is 5.89. The van der Waals surface area contributed by atoms with E-state index in [0.29, 0.717) is 34.4 Å². The Hall–Kier alpha value is -3.06. The van der Waals surface area contributed by atoms with E-state index in [4.69, 9.17) is 29.2 Å². The monoisotopic (exact) mass is 391 g/mol. The zero-order valence-electron chi connectivity index (χ0n) is 15.4. The SMILES string of the molecule is COc1cc(-c2nocc2-c2cc(OC)c(OC)c(OC)c2)ccc1N.[Cl-]. The van der Waals surface area contributed by atoms with Crippen molar-refractivity contribution >= 4 is 5.69 Å². The fraction of sp³-hybridized carbons (Fsp3) is 0.211. The Bertz CT molecular complexity index is 901. The minimum absolute atomic E-state index is 0. The maximum atomic E-state index is 5.89. The molecule has 0 aliphatic rings. The number of rotatable bonds is 6. The minimum Gasteiger partial charge on any atom is -1.00 e. The molecule has 0 amide bonds. The summed E-state index contributed by atoms with van der Waals surface area (Å²) in [6.07, 6.45) is 1.57. The van der Waals surface area contributed by atoms with Gasteiger partial charge in [0.05, 0.1) is 34.1 Å². The summed E-state index contributed by atoms with van der Waals surface area (Å²) in [4.78, 5) is 0. The molecule has 0 radical (unpaired) electrons. The van der Waals surface area contributed by atoms with E-state index >= 15 is 0 Å². The van der Waals surface area contributed by atoms with Gasteiger partial charge in [0.1, 0.15) is 17.7 Å². The van der Waals surface area contributed by atoms with E-state index in [1.807, 2.05) is 24.3 Å². The van der Waals surface area contributed by atoms with E-state index in [0.717, 1.165) is 16.7 Å². The lowest BCUT2D eigenvalue weighted by atomic mass is 10.0. The van der Waals surface area contributed by atoms with Gasteiger partial charge in [-0.3, -0.25) is 0 Å². The molecule has 1 heterocycles. The molecule has 0 atom stereocenters. The van der Waals surface area contributed by atoms with Crippen molar-refractivity contribution in [2.45, 2.75) is 0 Å². The number of ether oxygens (including phenoxy) is 4. The van der Waals surface area contributed by atoms with Crippen LogP contribution < -0.4 is 37.1 Å². The first-order valence-electron chi connectivity index (χ1n) is 7.81. The van der Waals surface area contributed by atoms with E-state index in [1.54, 1.807) is 40.8 Å². The summed E-state index contributed by atoms with van der Waals surface area (Å²) in [7, 11) is 6.27. The summed E-state index contributed by atoms with van der Waals surface area (Å²) in [6.45, 7) is 0. The van der Waals surface area contributed by atoms with Crippen LogP contribution in [0.3, 0.4) is 0 Å². The molecule has 0 aliphatic carbocycles. The third-order valence-electron chi connectivity index (χ3n) is 4.05. The van der Waals surface area contributed by atoms with Crippen molar-refractivity contribution in [3.8, 4) is 45.4 Å². The highest BCUT2D eigenvalue weighted by molar-refractivity contribution is 5.83. The normalized spacial score (nSPS) is 10.1. The molecule has 3 rings (SSSR count). The summed E-state index contributed by atoms with van der Waals surface area (Å²) in [5, 5.41) is 4.14. The largest absolute Gasteiger partial charge is 1.00 e. The van der Waals surface area contributed by atoms with Gasteiger partial charge >= 0.3 is 0 Å². The van der Waals surface area contributed by atoms with Crippen LogP contribution in [-0.4, -0.2) is 33.6 Å². The van der Waals surface area contributed by atoms with Gasteiger partial charge in [0.15, 0.2) is 11.5 Å². The lowest BCUT2D eigenvalue weighted by Gasteiger charge is -2.14. The maximum Gasteiger partial charge on any atom is 0.203 e. The molecule has 1 aromatic heterocycles. The second-order valence-corrected chi connectivity index (χ2v) is 5.45. The molecule has 0 saturated carbocycles. The molecule has 2 N–H and O–H groups in total. The zero-order valence-corrected chi connectivity index (χ0v) is 16.2. The standard InChI is InChI=1S/C19H20N2O5.ClH/c1-22-15-7-11(5-6-14(15)20)18-13(10-26-21-18)12-8-16(23-2)19(25-4)17(9-12)24-3;/h5-10H,20H2,1-4H3;1H/p-1. The number of benzene rings is 2. The molecular formula is C19H20ClN2O5-. The molecule has 27 heavy (non-hydrogen) atoms. The second kappa shape index (κ2) is 8.55. The van der Waals surface area contributed by atoms with E-state index in [2.05, 4.69) is 5.16 Å². The van der Waals surface area contributed by atoms with E-state index in [-0.39, 0.29) is 12.4 Å². The van der Waals surface area contributed by atoms with Gasteiger partial charge in [-0.2, -0.15) is 0 Å². The van der Waals surface area contributed by atoms with Crippen molar-refractivity contribution in [2.24, 2.45) is 0 Å². The van der Waals surface area contributed by atoms with Gasteiger partial charge in [0.25, 0.3) is 0 Å². The number of methoxy groups -OCH3 is 4. The molecule has 7 nitrogen and oxygen atoms in total. The third kappa shape index (κ3) is 3.73. The molecule has 0 unspecified atom stereocenters. The van der Waals surface area contributed by atoms with E-state index in [9.17, 15) is 0 Å². The Kier molecular flexibility index (Phi) is 6.41. The number of nitrogens with two attached hydrogens (primary N) is 1. The average molecular weight is 392 g/mol. The lowest BCUT2D eigenvalue weighted by molar-refractivity contribution is -0.00000664. The first-order valence-corrected chi connectivity index (χ1v) is 7.81. The number of hydrogen-bond acceptors (Lipinski definition) is 7. The highest BCUT2D eigenvalue weighted by Gasteiger charge is 2.19. The predicted molar refractivity (Wildman–Crippen MR) is 98.0 cm³/mol. The number of nitrogens with zero attached hydrogens (tertiary/aromatic N) is 1. The first-order chi connectivity index (χ1) is 12.6. The number of nitrogen functional groups attached to an aromatic ring is 1. The highest BCUT2D eigenvalue weighted by atomic mass is 35.5. The molecule has 0 bridgehead atoms. The summed E-state index contributed by atoms with van der Waals surface area (Å²) < 4.78 is 26.7. The smallest absolute Gasteiger partial charge is 0.203 e. The first kappa shape index (κ1) is 20.3. The number of anilines is 1. The van der Waals surface area contributed by atoms with Crippen LogP contribution in [0.4, 0.5) is 5.69 Å². The van der Waals surface area contributed by atoms with Gasteiger partial charge in [0.2, 0.25) is 5.75 Å².